The Balaban J connectivity index is 1.13. The zero-order valence-electron chi connectivity index (χ0n) is 36.7. The predicted octanol–water partition coefficient (Wildman–Crippen LogP) is -2.26. The summed E-state index contributed by atoms with van der Waals surface area (Å²) in [5.41, 5.74) is 15.3. The Hall–Kier alpha value is -6.71. The van der Waals surface area contributed by atoms with Crippen molar-refractivity contribution >= 4 is 64.6 Å². The first-order chi connectivity index (χ1) is 31.3. The van der Waals surface area contributed by atoms with Crippen LogP contribution in [0.5, 0.6) is 0 Å². The molecule has 0 saturated carbocycles. The lowest BCUT2D eigenvalue weighted by Gasteiger charge is -2.41. The second-order valence-electron chi connectivity index (χ2n) is 16.4. The number of para-hydroxylation sites is 1. The van der Waals surface area contributed by atoms with Crippen molar-refractivity contribution in [2.45, 2.75) is 100.0 Å². The first-order valence-corrected chi connectivity index (χ1v) is 21.9. The van der Waals surface area contributed by atoms with Crippen LogP contribution >= 0.6 is 0 Å². The van der Waals surface area contributed by atoms with E-state index in [9.17, 15) is 38.4 Å². The molecule has 2 aliphatic rings. The molecule has 8 amide bonds. The van der Waals surface area contributed by atoms with Crippen LogP contribution in [0.15, 0.2) is 65.8 Å². The van der Waals surface area contributed by atoms with Gasteiger partial charge in [-0.1, -0.05) is 48.5 Å². The van der Waals surface area contributed by atoms with Crippen LogP contribution < -0.4 is 54.4 Å². The maximum Gasteiger partial charge on any atom is 0.331 e. The van der Waals surface area contributed by atoms with Gasteiger partial charge < -0.3 is 58.5 Å². The SMILES string of the molecule is CNC(CCCN=C(N)N)C(=O)NC(Cc1c[nH]c2ccccc12)C(=O)NC(CCCCNC(=O)CC1NC(=O)N(C2(C(=O)NC(C=O)Cc3ccccc3)CCNCC2)C1=O)C([NH3+])=O. The molecule has 2 saturated heterocycles. The summed E-state index contributed by atoms with van der Waals surface area (Å²) in [5, 5.41) is 20.7. The molecule has 3 aromatic rings. The number of carbonyl (C=O) groups is 8. The van der Waals surface area contributed by atoms with Crippen molar-refractivity contribution in [3.05, 3.63) is 71.9 Å². The van der Waals surface area contributed by atoms with Gasteiger partial charge in [0.05, 0.1) is 18.5 Å². The van der Waals surface area contributed by atoms with E-state index in [-0.39, 0.29) is 51.0 Å². The summed E-state index contributed by atoms with van der Waals surface area (Å²) >= 11 is 0. The number of imide groups is 1. The lowest BCUT2D eigenvalue weighted by molar-refractivity contribution is -0.308. The third-order valence-electron chi connectivity index (χ3n) is 11.8. The number of nitrogens with two attached hydrogens (primary N) is 2. The molecular weight excluding hydrogens is 839 g/mol. The molecule has 1 aromatic heterocycles. The van der Waals surface area contributed by atoms with Gasteiger partial charge in [0.25, 0.3) is 5.91 Å². The number of likely N-dealkylation sites (N-methyl/N-ethyl adjacent to an activating group) is 1. The van der Waals surface area contributed by atoms with E-state index in [0.29, 0.717) is 51.6 Å². The number of benzene rings is 2. The van der Waals surface area contributed by atoms with Crippen LogP contribution in [-0.2, 0) is 46.4 Å². The molecule has 0 aliphatic carbocycles. The van der Waals surface area contributed by atoms with E-state index in [4.69, 9.17) is 11.5 Å². The van der Waals surface area contributed by atoms with Crippen molar-refractivity contribution in [3.8, 4) is 0 Å². The largest absolute Gasteiger partial charge is 0.370 e. The number of aldehydes is 1. The fraction of sp³-hybridized carbons (Fsp3) is 0.477. The molecule has 5 unspecified atom stereocenters. The van der Waals surface area contributed by atoms with Crippen molar-refractivity contribution in [2.24, 2.45) is 16.5 Å². The van der Waals surface area contributed by atoms with Crippen molar-refractivity contribution < 1.29 is 44.1 Å². The number of aromatic amines is 1. The zero-order valence-corrected chi connectivity index (χ0v) is 36.7. The minimum absolute atomic E-state index is 0.0525. The highest BCUT2D eigenvalue weighted by molar-refractivity contribution is 6.10. The summed E-state index contributed by atoms with van der Waals surface area (Å²) < 4.78 is 0. The molecule has 21 heteroatoms. The minimum atomic E-state index is -1.57. The maximum atomic E-state index is 13.9. The molecular formula is C44H62N13O8+. The van der Waals surface area contributed by atoms with Crippen LogP contribution in [-0.4, -0.2) is 133 Å². The number of urea groups is 1. The number of aliphatic imine (C=N–C) groups is 1. The Bertz CT molecular complexity index is 2190. The summed E-state index contributed by atoms with van der Waals surface area (Å²) in [6.45, 7) is 1.16. The Labute approximate surface area is 376 Å². The average Bonchev–Trinajstić information content (AvgIpc) is 3.83. The molecule has 2 fully saturated rings. The van der Waals surface area contributed by atoms with Crippen LogP contribution in [0.3, 0.4) is 0 Å². The number of guanidine groups is 1. The summed E-state index contributed by atoms with van der Waals surface area (Å²) in [5.74, 6) is -3.46. The molecule has 0 radical (unpaired) electrons. The lowest BCUT2D eigenvalue weighted by Crippen LogP contribution is -2.67. The van der Waals surface area contributed by atoms with E-state index >= 15 is 0 Å². The number of unbranched alkanes of at least 4 members (excludes halogenated alkanes) is 1. The second kappa shape index (κ2) is 23.8. The monoisotopic (exact) mass is 900 g/mol. The summed E-state index contributed by atoms with van der Waals surface area (Å²) in [6.07, 6.45) is 4.44. The average molecular weight is 901 g/mol. The minimum Gasteiger partial charge on any atom is -0.370 e. The molecule has 5 atom stereocenters. The fourth-order valence-corrected chi connectivity index (χ4v) is 8.23. The molecule has 21 nitrogen and oxygen atoms in total. The molecule has 3 heterocycles. The van der Waals surface area contributed by atoms with Gasteiger partial charge in [-0.05, 0) is 88.7 Å². The summed E-state index contributed by atoms with van der Waals surface area (Å²) in [4.78, 5) is 114. The van der Waals surface area contributed by atoms with Crippen LogP contribution in [0.4, 0.5) is 4.79 Å². The Morgan fingerprint density at radius 3 is 2.26 bits per heavy atom. The second-order valence-corrected chi connectivity index (χ2v) is 16.4. The molecule has 2 aromatic carbocycles. The molecule has 2 aliphatic heterocycles. The number of H-pyrrole nitrogens is 1. The van der Waals surface area contributed by atoms with E-state index in [1.165, 1.54) is 0 Å². The number of fused-ring (bicyclic) bond motifs is 1. The fourth-order valence-electron chi connectivity index (χ4n) is 8.23. The van der Waals surface area contributed by atoms with Crippen LogP contribution in [0.2, 0.25) is 0 Å². The topological polar surface area (TPSA) is 332 Å². The molecule has 15 N–H and O–H groups in total. The number of nitrogens with one attached hydrogen (secondary N) is 8. The van der Waals surface area contributed by atoms with Gasteiger partial charge in [-0.3, -0.25) is 34.7 Å². The van der Waals surface area contributed by atoms with Gasteiger partial charge in [-0.25, -0.2) is 14.5 Å². The first kappa shape index (κ1) is 49.3. The van der Waals surface area contributed by atoms with Crippen molar-refractivity contribution in [2.75, 3.05) is 33.2 Å². The number of quaternary nitrogens is 1. The number of nitrogens with zero attached hydrogens (tertiary/aromatic N) is 2. The van der Waals surface area contributed by atoms with E-state index in [1.807, 2.05) is 54.6 Å². The van der Waals surface area contributed by atoms with Gasteiger partial charge in [0.1, 0.15) is 30.0 Å². The molecule has 5 rings (SSSR count). The number of carbonyl (C=O) groups excluding carboxylic acids is 8. The highest BCUT2D eigenvalue weighted by Crippen LogP contribution is 2.31. The lowest BCUT2D eigenvalue weighted by atomic mass is 9.84. The number of hydrogen-bond acceptors (Lipinski definition) is 11. The Morgan fingerprint density at radius 1 is 0.892 bits per heavy atom. The quantitative estimate of drug-likeness (QED) is 0.0141. The zero-order chi connectivity index (χ0) is 46.9. The van der Waals surface area contributed by atoms with Gasteiger partial charge in [-0.2, -0.15) is 0 Å². The highest BCUT2D eigenvalue weighted by atomic mass is 16.2. The third kappa shape index (κ3) is 13.4. The predicted molar refractivity (Wildman–Crippen MR) is 240 cm³/mol. The maximum absolute atomic E-state index is 13.9. The highest BCUT2D eigenvalue weighted by Gasteiger charge is 2.55. The number of hydrogen-bond donors (Lipinski definition) is 11. The smallest absolute Gasteiger partial charge is 0.331 e. The normalized spacial score (nSPS) is 17.5. The number of rotatable bonds is 25. The van der Waals surface area contributed by atoms with Gasteiger partial charge >= 0.3 is 11.9 Å². The van der Waals surface area contributed by atoms with Crippen molar-refractivity contribution in [1.29, 1.82) is 0 Å². The van der Waals surface area contributed by atoms with Gasteiger partial charge in [0.15, 0.2) is 5.96 Å². The van der Waals surface area contributed by atoms with Crippen molar-refractivity contribution in [3.63, 3.8) is 0 Å². The van der Waals surface area contributed by atoms with Gasteiger partial charge in [0.2, 0.25) is 23.6 Å². The summed E-state index contributed by atoms with van der Waals surface area (Å²) in [7, 11) is 1.63. The standard InChI is InChI=1S/C44H61N13O8/c1-48-33(15-9-19-51-42(46)47)38(61)55-34(23-28-25-52-31-13-6-5-12-30(28)31)39(62)54-32(37(45)60)14-7-8-18-50-36(59)24-35-40(63)57(43(65)56-35)44(16-20-49-21-17-44)41(64)53-29(26-58)22-27-10-3-2-4-11-27/h2-6,10-13,25-26,29,32-35,48-49,52H,7-9,14-24H2,1H3,(H2,45,60)(H,50,59)(H,53,64)(H,54,62)(H,55,61)(H,56,65)(H4,46,47,51)/p+1. The molecule has 350 valence electrons. The number of amides is 8. The number of aromatic nitrogens is 1. The van der Waals surface area contributed by atoms with Crippen molar-refractivity contribution in [1.82, 2.24) is 47.1 Å². The van der Waals surface area contributed by atoms with Crippen LogP contribution in [0.1, 0.15) is 62.5 Å². The third-order valence-corrected chi connectivity index (χ3v) is 11.8. The Kier molecular flexibility index (Phi) is 18.1. The van der Waals surface area contributed by atoms with E-state index in [0.717, 1.165) is 26.9 Å². The van der Waals surface area contributed by atoms with E-state index < -0.39 is 77.2 Å². The van der Waals surface area contributed by atoms with Crippen LogP contribution in [0, 0.1) is 0 Å². The summed E-state index contributed by atoms with van der Waals surface area (Å²) in [6, 6.07) is 11.1. The first-order valence-electron chi connectivity index (χ1n) is 21.9. The van der Waals surface area contributed by atoms with Crippen LogP contribution in [0.25, 0.3) is 10.9 Å². The number of piperidine rings is 1. The Morgan fingerprint density at radius 2 is 1.57 bits per heavy atom. The molecule has 65 heavy (non-hydrogen) atoms. The molecule has 0 spiro atoms. The van der Waals surface area contributed by atoms with E-state index in [1.54, 1.807) is 13.2 Å². The van der Waals surface area contributed by atoms with E-state index in [2.05, 4.69) is 52.9 Å². The molecule has 0 bridgehead atoms. The van der Waals surface area contributed by atoms with Gasteiger partial charge in [0, 0.05) is 36.6 Å². The van der Waals surface area contributed by atoms with Gasteiger partial charge in [-0.15, -0.1) is 0 Å².